The van der Waals surface area contributed by atoms with Gasteiger partial charge in [-0.1, -0.05) is 5.92 Å². The zero-order valence-corrected chi connectivity index (χ0v) is 7.74. The molecule has 0 aromatic carbocycles. The summed E-state index contributed by atoms with van der Waals surface area (Å²) >= 11 is 0. The van der Waals surface area contributed by atoms with E-state index in [1.165, 1.54) is 12.1 Å². The monoisotopic (exact) mass is 190 g/mol. The minimum absolute atomic E-state index is 0.206. The molecule has 1 aromatic rings. The van der Waals surface area contributed by atoms with Crippen molar-refractivity contribution in [3.8, 4) is 12.3 Å². The fourth-order valence-electron chi connectivity index (χ4n) is 1.02. The molecular weight excluding hydrogens is 180 g/mol. The van der Waals surface area contributed by atoms with Crippen LogP contribution in [0.3, 0.4) is 0 Å². The van der Waals surface area contributed by atoms with E-state index < -0.39 is 5.97 Å². The van der Waals surface area contributed by atoms with Gasteiger partial charge in [0.2, 0.25) is 0 Å². The van der Waals surface area contributed by atoms with Gasteiger partial charge in [0.15, 0.2) is 0 Å². The molecule has 0 bridgehead atoms. The summed E-state index contributed by atoms with van der Waals surface area (Å²) in [5.41, 5.74) is 0.849. The highest BCUT2D eigenvalue weighted by atomic mass is 16.4. The molecule has 1 rings (SSSR count). The molecule has 0 radical (unpaired) electrons. The van der Waals surface area contributed by atoms with Crippen LogP contribution in [0.15, 0.2) is 12.1 Å². The van der Waals surface area contributed by atoms with Crippen molar-refractivity contribution in [3.63, 3.8) is 0 Å². The number of aromatic carboxylic acids is 1. The van der Waals surface area contributed by atoms with E-state index in [4.69, 9.17) is 11.5 Å². The highest BCUT2D eigenvalue weighted by Gasteiger charge is 2.05. The molecule has 2 N–H and O–H groups in total. The number of pyridine rings is 1. The second-order valence-corrected chi connectivity index (χ2v) is 2.75. The van der Waals surface area contributed by atoms with E-state index in [1.807, 2.05) is 0 Å². The van der Waals surface area contributed by atoms with Crippen molar-refractivity contribution in [1.82, 2.24) is 4.98 Å². The van der Waals surface area contributed by atoms with Gasteiger partial charge < -0.3 is 10.4 Å². The van der Waals surface area contributed by atoms with Crippen LogP contribution in [-0.2, 0) is 0 Å². The molecule has 0 saturated carbocycles. The molecule has 0 aliphatic heterocycles. The van der Waals surface area contributed by atoms with Crippen LogP contribution in [0.4, 0.5) is 5.82 Å². The molecule has 72 valence electrons. The first-order valence-electron chi connectivity index (χ1n) is 4.03. The zero-order valence-electron chi connectivity index (χ0n) is 7.74. The number of aromatic nitrogens is 1. The van der Waals surface area contributed by atoms with Crippen LogP contribution in [0.25, 0.3) is 0 Å². The molecule has 0 aliphatic rings. The Morgan fingerprint density at radius 1 is 1.71 bits per heavy atom. The minimum atomic E-state index is -0.973. The summed E-state index contributed by atoms with van der Waals surface area (Å²) in [5.74, 6) is 1.90. The maximum absolute atomic E-state index is 10.7. The van der Waals surface area contributed by atoms with E-state index in [0.29, 0.717) is 18.1 Å². The van der Waals surface area contributed by atoms with Crippen molar-refractivity contribution in [1.29, 1.82) is 0 Å². The summed E-state index contributed by atoms with van der Waals surface area (Å²) in [6.07, 6.45) is 5.06. The second kappa shape index (κ2) is 4.28. The number of aryl methyl sites for hydroxylation is 1. The van der Waals surface area contributed by atoms with E-state index in [0.717, 1.165) is 0 Å². The third-order valence-electron chi connectivity index (χ3n) is 1.57. The lowest BCUT2D eigenvalue weighted by Crippen LogP contribution is -2.05. The second-order valence-electron chi connectivity index (χ2n) is 2.75. The average Bonchev–Trinajstić information content (AvgIpc) is 2.14. The van der Waals surface area contributed by atoms with Crippen molar-refractivity contribution in [2.24, 2.45) is 0 Å². The molecule has 0 unspecified atom stereocenters. The van der Waals surface area contributed by atoms with Crippen molar-refractivity contribution >= 4 is 11.8 Å². The molecule has 14 heavy (non-hydrogen) atoms. The van der Waals surface area contributed by atoms with Crippen molar-refractivity contribution in [2.45, 2.75) is 6.92 Å². The van der Waals surface area contributed by atoms with Crippen LogP contribution in [0.1, 0.15) is 16.1 Å². The average molecular weight is 190 g/mol. The number of rotatable bonds is 3. The lowest BCUT2D eigenvalue weighted by atomic mass is 10.2. The third kappa shape index (κ3) is 2.49. The molecule has 4 heteroatoms. The molecule has 0 fully saturated rings. The number of nitrogens with zero attached hydrogens (tertiary/aromatic N) is 1. The van der Waals surface area contributed by atoms with E-state index in [2.05, 4.69) is 16.2 Å². The Morgan fingerprint density at radius 2 is 2.43 bits per heavy atom. The normalized spacial score (nSPS) is 9.14. The lowest BCUT2D eigenvalue weighted by Gasteiger charge is -2.04. The van der Waals surface area contributed by atoms with E-state index in [-0.39, 0.29) is 5.56 Å². The fourth-order valence-corrected chi connectivity index (χ4v) is 1.02. The predicted molar refractivity (Wildman–Crippen MR) is 53.3 cm³/mol. The Morgan fingerprint density at radius 3 is 3.00 bits per heavy atom. The van der Waals surface area contributed by atoms with E-state index in [1.54, 1.807) is 6.92 Å². The summed E-state index contributed by atoms with van der Waals surface area (Å²) in [5, 5.41) is 11.6. The number of carbonyl (C=O) groups is 1. The summed E-state index contributed by atoms with van der Waals surface area (Å²) in [4.78, 5) is 14.8. The Balaban J connectivity index is 2.96. The van der Waals surface area contributed by atoms with Gasteiger partial charge in [-0.15, -0.1) is 6.42 Å². The zero-order chi connectivity index (χ0) is 10.6. The topological polar surface area (TPSA) is 62.2 Å². The smallest absolute Gasteiger partial charge is 0.335 e. The first-order chi connectivity index (χ1) is 6.63. The summed E-state index contributed by atoms with van der Waals surface area (Å²) < 4.78 is 0. The van der Waals surface area contributed by atoms with Crippen molar-refractivity contribution in [3.05, 3.63) is 23.4 Å². The number of terminal acetylenes is 1. The number of nitrogens with one attached hydrogen (secondary N) is 1. The van der Waals surface area contributed by atoms with Crippen LogP contribution < -0.4 is 5.32 Å². The Bertz CT molecular complexity index is 394. The molecule has 4 nitrogen and oxygen atoms in total. The number of hydrogen-bond acceptors (Lipinski definition) is 3. The minimum Gasteiger partial charge on any atom is -0.478 e. The van der Waals surface area contributed by atoms with Crippen LogP contribution in [0.2, 0.25) is 0 Å². The number of hydrogen-bond donors (Lipinski definition) is 2. The van der Waals surface area contributed by atoms with Gasteiger partial charge in [0.25, 0.3) is 0 Å². The Labute approximate surface area is 82.0 Å². The highest BCUT2D eigenvalue weighted by molar-refractivity contribution is 5.88. The van der Waals surface area contributed by atoms with Gasteiger partial charge in [-0.2, -0.15) is 0 Å². The summed E-state index contributed by atoms with van der Waals surface area (Å²) in [7, 11) is 0. The van der Waals surface area contributed by atoms with E-state index >= 15 is 0 Å². The summed E-state index contributed by atoms with van der Waals surface area (Å²) in [6.45, 7) is 2.06. The van der Waals surface area contributed by atoms with E-state index in [9.17, 15) is 4.79 Å². The quantitative estimate of drug-likeness (QED) is 0.701. The largest absolute Gasteiger partial charge is 0.478 e. The van der Waals surface area contributed by atoms with Gasteiger partial charge in [0.05, 0.1) is 12.1 Å². The lowest BCUT2D eigenvalue weighted by molar-refractivity contribution is 0.0696. The molecule has 0 amide bonds. The van der Waals surface area contributed by atoms with Crippen LogP contribution >= 0.6 is 0 Å². The fraction of sp³-hybridized carbons (Fsp3) is 0.200. The molecule has 1 heterocycles. The highest BCUT2D eigenvalue weighted by Crippen LogP contribution is 2.09. The number of anilines is 1. The first kappa shape index (κ1) is 10.1. The SMILES string of the molecule is C#CCNc1cc(C(=O)O)cc(C)n1. The van der Waals surface area contributed by atoms with Gasteiger partial charge in [0.1, 0.15) is 5.82 Å². The maximum atomic E-state index is 10.7. The molecule has 1 aromatic heterocycles. The van der Waals surface area contributed by atoms with Gasteiger partial charge in [-0.3, -0.25) is 0 Å². The molecule has 0 spiro atoms. The molecular formula is C10H10N2O2. The summed E-state index contributed by atoms with van der Waals surface area (Å²) in [6, 6.07) is 2.95. The third-order valence-corrected chi connectivity index (χ3v) is 1.57. The van der Waals surface area contributed by atoms with Gasteiger partial charge in [-0.25, -0.2) is 9.78 Å². The molecule has 0 atom stereocenters. The number of carboxylic acids is 1. The van der Waals surface area contributed by atoms with Gasteiger partial charge in [0, 0.05) is 5.69 Å². The van der Waals surface area contributed by atoms with Crippen LogP contribution in [0, 0.1) is 19.3 Å². The maximum Gasteiger partial charge on any atom is 0.335 e. The van der Waals surface area contributed by atoms with Crippen molar-refractivity contribution < 1.29 is 9.90 Å². The van der Waals surface area contributed by atoms with Gasteiger partial charge in [-0.05, 0) is 19.1 Å². The number of carboxylic acid groups (broad SMARTS) is 1. The van der Waals surface area contributed by atoms with Gasteiger partial charge >= 0.3 is 5.97 Å². The molecule has 0 aliphatic carbocycles. The Kier molecular flexibility index (Phi) is 3.08. The van der Waals surface area contributed by atoms with Crippen molar-refractivity contribution in [2.75, 3.05) is 11.9 Å². The van der Waals surface area contributed by atoms with Crippen LogP contribution in [0.5, 0.6) is 0 Å². The molecule has 0 saturated heterocycles. The Hall–Kier alpha value is -2.02. The predicted octanol–water partition coefficient (Wildman–Crippen LogP) is 1.13. The van der Waals surface area contributed by atoms with Crippen LogP contribution in [-0.4, -0.2) is 22.6 Å². The standard InChI is InChI=1S/C10H10N2O2/c1-3-4-11-9-6-8(10(13)14)5-7(2)12-9/h1,5-6H,4H2,2H3,(H,11,12)(H,13,14). The first-order valence-corrected chi connectivity index (χ1v) is 4.03.